The van der Waals surface area contributed by atoms with Crippen LogP contribution in [0.3, 0.4) is 0 Å². The third-order valence-corrected chi connectivity index (χ3v) is 7.52. The summed E-state index contributed by atoms with van der Waals surface area (Å²) in [5.74, 6) is 1.19. The first-order chi connectivity index (χ1) is 13.5. The van der Waals surface area contributed by atoms with Crippen LogP contribution in [-0.2, 0) is 11.8 Å². The fraction of sp³-hybridized carbons (Fsp3) is 0.478. The number of nitrogens with one attached hydrogen (secondary N) is 1. The second-order valence-corrected chi connectivity index (χ2v) is 9.14. The van der Waals surface area contributed by atoms with E-state index in [0.717, 1.165) is 43.4 Å². The summed E-state index contributed by atoms with van der Waals surface area (Å²) in [6, 6.07) is 14.2. The van der Waals surface area contributed by atoms with Crippen molar-refractivity contribution in [3.63, 3.8) is 0 Å². The van der Waals surface area contributed by atoms with Crippen molar-refractivity contribution in [1.29, 1.82) is 0 Å². The Morgan fingerprint density at radius 3 is 2.36 bits per heavy atom. The lowest BCUT2D eigenvalue weighted by molar-refractivity contribution is -0.145. The maximum atomic E-state index is 13.1. The molecule has 5 nitrogen and oxygen atoms in total. The van der Waals surface area contributed by atoms with Crippen LogP contribution in [0.25, 0.3) is 11.3 Å². The average molecular weight is 377 g/mol. The number of carbonyl (C=O) groups excluding carboxylic acids is 2. The molecule has 146 valence electrons. The Balaban J connectivity index is 1.36. The summed E-state index contributed by atoms with van der Waals surface area (Å²) in [6.07, 6.45) is 4.84. The molecule has 28 heavy (non-hydrogen) atoms. The fourth-order valence-electron chi connectivity index (χ4n) is 6.43. The third kappa shape index (κ3) is 2.60. The first kappa shape index (κ1) is 17.5. The van der Waals surface area contributed by atoms with E-state index in [2.05, 4.69) is 17.4 Å². The molecule has 3 N–H and O–H groups in total. The van der Waals surface area contributed by atoms with E-state index in [0.29, 0.717) is 23.4 Å². The van der Waals surface area contributed by atoms with E-state index in [9.17, 15) is 9.59 Å². The van der Waals surface area contributed by atoms with Gasteiger partial charge in [0.25, 0.3) is 5.91 Å². The van der Waals surface area contributed by atoms with Gasteiger partial charge < -0.3 is 15.6 Å². The van der Waals surface area contributed by atoms with Crippen LogP contribution in [0, 0.1) is 23.2 Å². The van der Waals surface area contributed by atoms with Gasteiger partial charge in [-0.1, -0.05) is 30.3 Å². The van der Waals surface area contributed by atoms with Crippen molar-refractivity contribution in [2.45, 2.75) is 38.1 Å². The van der Waals surface area contributed by atoms with Gasteiger partial charge >= 0.3 is 0 Å². The number of carbonyl (C=O) groups is 2. The molecule has 6 rings (SSSR count). The molecule has 2 unspecified atom stereocenters. The highest BCUT2D eigenvalue weighted by atomic mass is 16.2. The van der Waals surface area contributed by atoms with Crippen molar-refractivity contribution in [2.75, 3.05) is 0 Å². The van der Waals surface area contributed by atoms with Gasteiger partial charge in [0.05, 0.1) is 0 Å². The fourth-order valence-corrected chi connectivity index (χ4v) is 6.43. The van der Waals surface area contributed by atoms with Crippen LogP contribution in [0.4, 0.5) is 0 Å². The Bertz CT molecular complexity index is 917. The largest absolute Gasteiger partial charge is 0.369 e. The van der Waals surface area contributed by atoms with E-state index in [-0.39, 0.29) is 23.3 Å². The normalized spacial score (nSPS) is 33.0. The third-order valence-electron chi connectivity index (χ3n) is 7.52. The summed E-state index contributed by atoms with van der Waals surface area (Å²) in [6.45, 7) is 0. The average Bonchev–Trinajstić information content (AvgIpc) is 3.06. The van der Waals surface area contributed by atoms with E-state index in [1.54, 1.807) is 0 Å². The number of hydrogen-bond donors (Lipinski definition) is 2. The minimum atomic E-state index is -0.316. The molecule has 2 aromatic rings. The van der Waals surface area contributed by atoms with E-state index in [1.165, 1.54) is 0 Å². The first-order valence-electron chi connectivity index (χ1n) is 10.3. The maximum absolute atomic E-state index is 13.1. The molecule has 5 heteroatoms. The van der Waals surface area contributed by atoms with Gasteiger partial charge in [-0.15, -0.1) is 0 Å². The molecule has 4 fully saturated rings. The minimum absolute atomic E-state index is 0.0183. The lowest BCUT2D eigenvalue weighted by Gasteiger charge is -2.58. The van der Waals surface area contributed by atoms with Crippen LogP contribution in [0.2, 0.25) is 0 Å². The second kappa shape index (κ2) is 6.23. The lowest BCUT2D eigenvalue weighted by Crippen LogP contribution is -2.62. The summed E-state index contributed by atoms with van der Waals surface area (Å²) in [7, 11) is 1.94. The van der Waals surface area contributed by atoms with Gasteiger partial charge in [-0.3, -0.25) is 9.59 Å². The molecule has 4 aliphatic carbocycles. The molecule has 4 bridgehead atoms. The van der Waals surface area contributed by atoms with Crippen molar-refractivity contribution in [3.8, 4) is 11.3 Å². The zero-order valence-corrected chi connectivity index (χ0v) is 16.2. The Kier molecular flexibility index (Phi) is 3.90. The highest BCUT2D eigenvalue weighted by Crippen LogP contribution is 2.59. The van der Waals surface area contributed by atoms with Crippen molar-refractivity contribution >= 4 is 11.8 Å². The second-order valence-electron chi connectivity index (χ2n) is 9.14. The number of primary amides is 1. The molecule has 0 saturated heterocycles. The van der Waals surface area contributed by atoms with Crippen LogP contribution in [0.5, 0.6) is 0 Å². The number of amides is 2. The molecule has 0 radical (unpaired) electrons. The molecule has 1 aromatic carbocycles. The minimum Gasteiger partial charge on any atom is -0.369 e. The van der Waals surface area contributed by atoms with Gasteiger partial charge in [-0.2, -0.15) is 0 Å². The molecule has 2 atom stereocenters. The van der Waals surface area contributed by atoms with Crippen molar-refractivity contribution < 1.29 is 9.59 Å². The van der Waals surface area contributed by atoms with E-state index in [4.69, 9.17) is 5.73 Å². The molecule has 1 heterocycles. The quantitative estimate of drug-likeness (QED) is 0.859. The highest BCUT2D eigenvalue weighted by molar-refractivity contribution is 5.94. The van der Waals surface area contributed by atoms with E-state index in [1.807, 2.05) is 41.9 Å². The van der Waals surface area contributed by atoms with Crippen molar-refractivity contribution in [2.24, 2.45) is 36.0 Å². The highest BCUT2D eigenvalue weighted by Gasteiger charge is 2.58. The Labute approximate surface area is 165 Å². The molecule has 4 aliphatic rings. The summed E-state index contributed by atoms with van der Waals surface area (Å²) in [5.41, 5.74) is 8.27. The van der Waals surface area contributed by atoms with E-state index >= 15 is 0 Å². The molecule has 1 aromatic heterocycles. The summed E-state index contributed by atoms with van der Waals surface area (Å²) in [5, 5.41) is 3.33. The first-order valence-corrected chi connectivity index (χ1v) is 10.3. The monoisotopic (exact) mass is 377 g/mol. The van der Waals surface area contributed by atoms with Gasteiger partial charge in [-0.05, 0) is 67.6 Å². The van der Waals surface area contributed by atoms with Gasteiger partial charge in [-0.25, -0.2) is 0 Å². The van der Waals surface area contributed by atoms with Crippen LogP contribution < -0.4 is 11.1 Å². The van der Waals surface area contributed by atoms with Crippen LogP contribution in [-0.4, -0.2) is 22.4 Å². The number of nitrogens with zero attached hydrogens (tertiary/aromatic N) is 1. The molecular weight excluding hydrogens is 350 g/mol. The topological polar surface area (TPSA) is 77.1 Å². The molecule has 4 saturated carbocycles. The van der Waals surface area contributed by atoms with Crippen molar-refractivity contribution in [1.82, 2.24) is 9.88 Å². The molecule has 0 spiro atoms. The van der Waals surface area contributed by atoms with Crippen LogP contribution in [0.1, 0.15) is 42.6 Å². The standard InChI is InChI=1S/C23H27N3O2/c1-26-18(15-5-3-2-4-6-15)7-8-19(26)21(27)25-20-16-9-14-10-17(20)13-23(11-14,12-16)22(24)28/h2-8,14,16-17,20H,9-13H2,1H3,(H2,24,28)(H,25,27)/t14?,16?,17?,20-,23-. The zero-order valence-electron chi connectivity index (χ0n) is 16.2. The predicted octanol–water partition coefficient (Wildman–Crippen LogP) is 3.10. The Morgan fingerprint density at radius 1 is 1.04 bits per heavy atom. The molecule has 0 aliphatic heterocycles. The van der Waals surface area contributed by atoms with Gasteiger partial charge in [0, 0.05) is 24.2 Å². The van der Waals surface area contributed by atoms with Gasteiger partial charge in [0.2, 0.25) is 5.91 Å². The molecular formula is C23H27N3O2. The smallest absolute Gasteiger partial charge is 0.268 e. The van der Waals surface area contributed by atoms with Crippen LogP contribution in [0.15, 0.2) is 42.5 Å². The predicted molar refractivity (Wildman–Crippen MR) is 107 cm³/mol. The van der Waals surface area contributed by atoms with Gasteiger partial charge in [0.15, 0.2) is 0 Å². The summed E-state index contributed by atoms with van der Waals surface area (Å²) in [4.78, 5) is 25.2. The number of hydrogen-bond acceptors (Lipinski definition) is 2. The van der Waals surface area contributed by atoms with Crippen molar-refractivity contribution in [3.05, 3.63) is 48.2 Å². The Morgan fingerprint density at radius 2 is 1.71 bits per heavy atom. The van der Waals surface area contributed by atoms with Crippen LogP contribution >= 0.6 is 0 Å². The van der Waals surface area contributed by atoms with Gasteiger partial charge in [0.1, 0.15) is 5.69 Å². The lowest BCUT2D eigenvalue weighted by atomic mass is 9.47. The number of aromatic nitrogens is 1. The maximum Gasteiger partial charge on any atom is 0.268 e. The zero-order chi connectivity index (χ0) is 19.5. The molecule has 2 amide bonds. The number of rotatable bonds is 4. The summed E-state index contributed by atoms with van der Waals surface area (Å²) < 4.78 is 1.96. The van der Waals surface area contributed by atoms with E-state index < -0.39 is 0 Å². The summed E-state index contributed by atoms with van der Waals surface area (Å²) >= 11 is 0. The SMILES string of the molecule is Cn1c(C(=O)N[C@H]2C3CC4CC2C[C@](C(N)=O)(C4)C3)ccc1-c1ccccc1. The number of benzene rings is 1. The number of nitrogens with two attached hydrogens (primary N) is 1. The Hall–Kier alpha value is -2.56.